The molecule has 0 spiro atoms. The molecule has 4 nitrogen and oxygen atoms in total. The van der Waals surface area contributed by atoms with E-state index in [2.05, 4.69) is 18.3 Å². The third-order valence-electron chi connectivity index (χ3n) is 5.44. The Labute approximate surface area is 143 Å². The fraction of sp³-hybridized carbons (Fsp3) is 0.421. The average molecular weight is 342 g/mol. The van der Waals surface area contributed by atoms with Gasteiger partial charge in [0.25, 0.3) is 0 Å². The van der Waals surface area contributed by atoms with Crippen LogP contribution in [0, 0.1) is 0 Å². The van der Waals surface area contributed by atoms with E-state index >= 15 is 0 Å². The van der Waals surface area contributed by atoms with Crippen LogP contribution in [0.4, 0.5) is 0 Å². The Bertz CT molecular complexity index is 823. The molecule has 0 saturated heterocycles. The maximum atomic E-state index is 11.3. The molecule has 2 aromatic rings. The minimum Gasteiger partial charge on any atom is -0.261 e. The first-order chi connectivity index (χ1) is 11.5. The zero-order valence-corrected chi connectivity index (χ0v) is 14.4. The van der Waals surface area contributed by atoms with Gasteiger partial charge in [-0.25, -0.2) is 13.6 Å². The molecule has 4 rings (SSSR count). The molecule has 0 amide bonds. The summed E-state index contributed by atoms with van der Waals surface area (Å²) in [4.78, 5) is 4.87. The second kappa shape index (κ2) is 5.97. The second-order valence-electron chi connectivity index (χ2n) is 7.06. The van der Waals surface area contributed by atoms with Crippen LogP contribution in [0.1, 0.15) is 66.7 Å². The lowest BCUT2D eigenvalue weighted by Crippen LogP contribution is -2.11. The van der Waals surface area contributed by atoms with E-state index in [0.717, 1.165) is 17.7 Å². The van der Waals surface area contributed by atoms with Crippen molar-refractivity contribution in [3.63, 3.8) is 0 Å². The van der Waals surface area contributed by atoms with E-state index in [0.29, 0.717) is 17.8 Å². The molecule has 2 fully saturated rings. The Balaban J connectivity index is 1.46. The fourth-order valence-electron chi connectivity index (χ4n) is 3.93. The first kappa shape index (κ1) is 15.8. The molecule has 1 aromatic carbocycles. The molecule has 2 atom stereocenters. The second-order valence-corrected chi connectivity index (χ2v) is 8.62. The van der Waals surface area contributed by atoms with Gasteiger partial charge in [0.15, 0.2) is 0 Å². The number of nitrogens with two attached hydrogens (primary N) is 1. The Morgan fingerprint density at radius 1 is 0.917 bits per heavy atom. The normalized spacial score (nSPS) is 24.2. The van der Waals surface area contributed by atoms with Crippen LogP contribution in [0.15, 0.2) is 47.5 Å². The third-order valence-corrected chi connectivity index (χ3v) is 6.37. The summed E-state index contributed by atoms with van der Waals surface area (Å²) in [6.45, 7) is 0. The van der Waals surface area contributed by atoms with Crippen molar-refractivity contribution in [3.05, 3.63) is 59.4 Å². The Morgan fingerprint density at radius 3 is 2.17 bits per heavy atom. The summed E-state index contributed by atoms with van der Waals surface area (Å²) in [7, 11) is -3.62. The lowest BCUT2D eigenvalue weighted by Gasteiger charge is -2.09. The van der Waals surface area contributed by atoms with Crippen molar-refractivity contribution < 1.29 is 8.42 Å². The number of aromatic nitrogens is 1. The molecule has 126 valence electrons. The van der Waals surface area contributed by atoms with Gasteiger partial charge in [-0.2, -0.15) is 0 Å². The van der Waals surface area contributed by atoms with Crippen LogP contribution in [0.3, 0.4) is 0 Å². The molecular formula is C19H22N2O2S. The highest BCUT2D eigenvalue weighted by atomic mass is 32.2. The van der Waals surface area contributed by atoms with E-state index in [1.807, 2.05) is 12.1 Å². The predicted molar refractivity (Wildman–Crippen MR) is 93.4 cm³/mol. The molecule has 1 aromatic heterocycles. The van der Waals surface area contributed by atoms with Crippen molar-refractivity contribution >= 4 is 10.0 Å². The summed E-state index contributed by atoms with van der Waals surface area (Å²) < 4.78 is 22.6. The van der Waals surface area contributed by atoms with Crippen molar-refractivity contribution in [2.45, 2.75) is 54.8 Å². The van der Waals surface area contributed by atoms with Gasteiger partial charge in [0, 0.05) is 17.8 Å². The fourth-order valence-corrected chi connectivity index (χ4v) is 4.45. The Hall–Kier alpha value is -1.72. The first-order valence-electron chi connectivity index (χ1n) is 8.61. The van der Waals surface area contributed by atoms with E-state index in [1.165, 1.54) is 31.2 Å². The Kier molecular flexibility index (Phi) is 3.93. The number of sulfonamides is 1. The van der Waals surface area contributed by atoms with Crippen LogP contribution >= 0.6 is 0 Å². The van der Waals surface area contributed by atoms with Gasteiger partial charge in [-0.15, -0.1) is 0 Å². The zero-order valence-electron chi connectivity index (χ0n) is 13.6. The van der Waals surface area contributed by atoms with Crippen LogP contribution in [-0.2, 0) is 10.0 Å². The molecule has 0 aliphatic heterocycles. The molecule has 2 N–H and O–H groups in total. The van der Waals surface area contributed by atoms with Gasteiger partial charge in [0.05, 0.1) is 4.90 Å². The topological polar surface area (TPSA) is 73.1 Å². The van der Waals surface area contributed by atoms with Crippen LogP contribution < -0.4 is 5.14 Å². The van der Waals surface area contributed by atoms with Gasteiger partial charge in [0.2, 0.25) is 10.0 Å². The minimum atomic E-state index is -3.62. The van der Waals surface area contributed by atoms with Gasteiger partial charge in [-0.05, 0) is 60.4 Å². The zero-order chi connectivity index (χ0) is 16.7. The highest BCUT2D eigenvalue weighted by molar-refractivity contribution is 7.89. The van der Waals surface area contributed by atoms with Crippen LogP contribution in [0.2, 0.25) is 0 Å². The van der Waals surface area contributed by atoms with Crippen molar-refractivity contribution in [2.24, 2.45) is 5.14 Å². The quantitative estimate of drug-likeness (QED) is 0.921. The number of hydrogen-bond donors (Lipinski definition) is 1. The number of nitrogens with zero attached hydrogens (tertiary/aromatic N) is 1. The standard InChI is InChI=1S/C19H22N2O2S/c20-24(22,23)16-8-5-14(6-9-16)17-11-18(17)19-10-7-15(12-21-19)13-3-1-2-4-13/h5-10,12-13,17-18H,1-4,11H2,(H2,20,22,23). The van der Waals surface area contributed by atoms with Gasteiger partial charge in [-0.3, -0.25) is 4.98 Å². The summed E-state index contributed by atoms with van der Waals surface area (Å²) in [5, 5.41) is 5.14. The molecule has 2 unspecified atom stereocenters. The van der Waals surface area contributed by atoms with Crippen LogP contribution in [0.5, 0.6) is 0 Å². The summed E-state index contributed by atoms with van der Waals surface area (Å²) in [5.74, 6) is 1.58. The molecule has 5 heteroatoms. The minimum absolute atomic E-state index is 0.169. The first-order valence-corrected chi connectivity index (χ1v) is 10.2. The van der Waals surface area contributed by atoms with Crippen molar-refractivity contribution in [1.82, 2.24) is 4.98 Å². The summed E-state index contributed by atoms with van der Waals surface area (Å²) >= 11 is 0. The molecule has 0 bridgehead atoms. The number of primary sulfonamides is 1. The van der Waals surface area contributed by atoms with E-state index in [-0.39, 0.29) is 4.90 Å². The average Bonchev–Trinajstić information content (AvgIpc) is 3.19. The maximum absolute atomic E-state index is 11.3. The molecule has 2 aliphatic rings. The summed E-state index contributed by atoms with van der Waals surface area (Å²) in [6.07, 6.45) is 8.40. The van der Waals surface area contributed by atoms with E-state index in [1.54, 1.807) is 12.1 Å². The summed E-state index contributed by atoms with van der Waals surface area (Å²) in [6, 6.07) is 11.4. The monoisotopic (exact) mass is 342 g/mol. The van der Waals surface area contributed by atoms with E-state index in [4.69, 9.17) is 10.1 Å². The molecule has 2 saturated carbocycles. The lowest BCUT2D eigenvalue weighted by atomic mass is 9.99. The number of benzene rings is 1. The van der Waals surface area contributed by atoms with Crippen molar-refractivity contribution in [2.75, 3.05) is 0 Å². The molecular weight excluding hydrogens is 320 g/mol. The van der Waals surface area contributed by atoms with Crippen molar-refractivity contribution in [3.8, 4) is 0 Å². The molecule has 2 aliphatic carbocycles. The predicted octanol–water partition coefficient (Wildman–Crippen LogP) is 3.66. The third kappa shape index (κ3) is 3.10. The van der Waals surface area contributed by atoms with Crippen LogP contribution in [-0.4, -0.2) is 13.4 Å². The number of pyridine rings is 1. The maximum Gasteiger partial charge on any atom is 0.238 e. The van der Waals surface area contributed by atoms with Gasteiger partial charge in [-0.1, -0.05) is 31.0 Å². The van der Waals surface area contributed by atoms with Crippen molar-refractivity contribution in [1.29, 1.82) is 0 Å². The van der Waals surface area contributed by atoms with Gasteiger partial charge >= 0.3 is 0 Å². The SMILES string of the molecule is NS(=O)(=O)c1ccc(C2CC2c2ccc(C3CCCC3)cn2)cc1. The van der Waals surface area contributed by atoms with Gasteiger partial charge in [0.1, 0.15) is 0 Å². The van der Waals surface area contributed by atoms with E-state index < -0.39 is 10.0 Å². The Morgan fingerprint density at radius 2 is 1.58 bits per heavy atom. The molecule has 1 heterocycles. The molecule has 0 radical (unpaired) electrons. The largest absolute Gasteiger partial charge is 0.261 e. The molecule has 24 heavy (non-hydrogen) atoms. The number of rotatable bonds is 4. The number of hydrogen-bond acceptors (Lipinski definition) is 3. The highest BCUT2D eigenvalue weighted by Crippen LogP contribution is 2.54. The van der Waals surface area contributed by atoms with Gasteiger partial charge < -0.3 is 0 Å². The smallest absolute Gasteiger partial charge is 0.238 e. The highest BCUT2D eigenvalue weighted by Gasteiger charge is 2.40. The van der Waals surface area contributed by atoms with E-state index in [9.17, 15) is 8.42 Å². The summed E-state index contributed by atoms with van der Waals surface area (Å²) in [5.41, 5.74) is 3.69. The lowest BCUT2D eigenvalue weighted by molar-refractivity contribution is 0.598. The van der Waals surface area contributed by atoms with Crippen LogP contribution in [0.25, 0.3) is 0 Å².